The maximum absolute atomic E-state index is 12.2. The van der Waals surface area contributed by atoms with Crippen LogP contribution in [0.2, 0.25) is 0 Å². The van der Waals surface area contributed by atoms with E-state index in [1.165, 1.54) is 16.9 Å². The number of anilines is 2. The number of nitrogens with one attached hydrogen (secondary N) is 1. The van der Waals surface area contributed by atoms with E-state index in [0.717, 1.165) is 29.1 Å². The number of fused-ring (bicyclic) bond motifs is 1. The van der Waals surface area contributed by atoms with E-state index in [9.17, 15) is 4.79 Å². The van der Waals surface area contributed by atoms with Crippen molar-refractivity contribution < 1.29 is 4.79 Å². The van der Waals surface area contributed by atoms with Crippen LogP contribution < -0.4 is 10.2 Å². The predicted molar refractivity (Wildman–Crippen MR) is 85.1 cm³/mol. The van der Waals surface area contributed by atoms with Crippen LogP contribution >= 0.6 is 11.3 Å². The Morgan fingerprint density at radius 2 is 1.95 bits per heavy atom. The Morgan fingerprint density at radius 3 is 2.60 bits per heavy atom. The highest BCUT2D eigenvalue weighted by molar-refractivity contribution is 7.14. The molecule has 3 nitrogen and oxygen atoms in total. The second-order valence-corrected chi connectivity index (χ2v) is 6.44. The van der Waals surface area contributed by atoms with E-state index in [-0.39, 0.29) is 5.91 Å². The van der Waals surface area contributed by atoms with Gasteiger partial charge in [-0.15, -0.1) is 11.3 Å². The molecule has 1 N–H and O–H groups in total. The molecule has 1 aliphatic rings. The van der Waals surface area contributed by atoms with Crippen LogP contribution in [0.3, 0.4) is 0 Å². The van der Waals surface area contributed by atoms with Gasteiger partial charge in [-0.1, -0.05) is 0 Å². The van der Waals surface area contributed by atoms with E-state index < -0.39 is 0 Å². The fourth-order valence-corrected chi connectivity index (χ4v) is 3.63. The van der Waals surface area contributed by atoms with Crippen LogP contribution in [0.25, 0.3) is 0 Å². The molecule has 0 fully saturated rings. The third kappa shape index (κ3) is 2.56. The molecular formula is C16H18N2OS. The summed E-state index contributed by atoms with van der Waals surface area (Å²) < 4.78 is 0. The van der Waals surface area contributed by atoms with Gasteiger partial charge in [-0.2, -0.15) is 0 Å². The minimum absolute atomic E-state index is 0.00185. The third-order valence-electron chi connectivity index (χ3n) is 3.61. The predicted octanol–water partition coefficient (Wildman–Crippen LogP) is 3.56. The number of nitrogens with zero attached hydrogens (tertiary/aromatic N) is 1. The highest BCUT2D eigenvalue weighted by Crippen LogP contribution is 2.31. The number of benzene rings is 1. The van der Waals surface area contributed by atoms with Crippen molar-refractivity contribution in [3.05, 3.63) is 45.6 Å². The zero-order valence-corrected chi connectivity index (χ0v) is 12.6. The van der Waals surface area contributed by atoms with Gasteiger partial charge < -0.3 is 10.2 Å². The first-order valence-corrected chi connectivity index (χ1v) is 7.65. The molecule has 1 heterocycles. The van der Waals surface area contributed by atoms with Gasteiger partial charge in [0, 0.05) is 30.3 Å². The molecule has 0 bridgehead atoms. The fraction of sp³-hybridized carbons (Fsp3) is 0.312. The molecule has 0 atom stereocenters. The number of hydrogen-bond donors (Lipinski definition) is 1. The van der Waals surface area contributed by atoms with Crippen molar-refractivity contribution in [1.82, 2.24) is 0 Å². The Morgan fingerprint density at radius 1 is 1.20 bits per heavy atom. The van der Waals surface area contributed by atoms with Gasteiger partial charge in [0.05, 0.1) is 4.88 Å². The maximum atomic E-state index is 12.2. The van der Waals surface area contributed by atoms with Crippen LogP contribution in [-0.2, 0) is 12.8 Å². The average Bonchev–Trinajstić information content (AvgIpc) is 2.99. The SMILES string of the molecule is CN(C)c1ccc(NC(=O)c2cc3c(s2)CCC3)cc1. The fourth-order valence-electron chi connectivity index (χ4n) is 2.48. The van der Waals surface area contributed by atoms with E-state index in [2.05, 4.69) is 11.4 Å². The zero-order chi connectivity index (χ0) is 14.1. The molecule has 1 aromatic heterocycles. The summed E-state index contributed by atoms with van der Waals surface area (Å²) in [6.07, 6.45) is 3.48. The molecule has 20 heavy (non-hydrogen) atoms. The number of carbonyl (C=O) groups is 1. The van der Waals surface area contributed by atoms with Crippen molar-refractivity contribution in [1.29, 1.82) is 0 Å². The van der Waals surface area contributed by atoms with Crippen LogP contribution in [0.15, 0.2) is 30.3 Å². The highest BCUT2D eigenvalue weighted by Gasteiger charge is 2.18. The van der Waals surface area contributed by atoms with E-state index in [0.29, 0.717) is 0 Å². The molecule has 0 radical (unpaired) electrons. The second-order valence-electron chi connectivity index (χ2n) is 5.31. The van der Waals surface area contributed by atoms with E-state index in [4.69, 9.17) is 0 Å². The van der Waals surface area contributed by atoms with Crippen molar-refractivity contribution in [2.45, 2.75) is 19.3 Å². The zero-order valence-electron chi connectivity index (χ0n) is 11.8. The molecule has 1 aromatic carbocycles. The number of aryl methyl sites for hydroxylation is 2. The van der Waals surface area contributed by atoms with Crippen molar-refractivity contribution in [3.63, 3.8) is 0 Å². The summed E-state index contributed by atoms with van der Waals surface area (Å²) in [5, 5.41) is 2.97. The smallest absolute Gasteiger partial charge is 0.265 e. The normalized spacial score (nSPS) is 13.1. The molecule has 1 aliphatic carbocycles. The maximum Gasteiger partial charge on any atom is 0.265 e. The summed E-state index contributed by atoms with van der Waals surface area (Å²) in [6.45, 7) is 0. The lowest BCUT2D eigenvalue weighted by molar-refractivity contribution is 0.103. The van der Waals surface area contributed by atoms with Gasteiger partial charge in [0.2, 0.25) is 0 Å². The van der Waals surface area contributed by atoms with Gasteiger partial charge in [-0.05, 0) is 55.2 Å². The monoisotopic (exact) mass is 286 g/mol. The van der Waals surface area contributed by atoms with Gasteiger partial charge >= 0.3 is 0 Å². The largest absolute Gasteiger partial charge is 0.378 e. The molecule has 0 spiro atoms. The average molecular weight is 286 g/mol. The van der Waals surface area contributed by atoms with Gasteiger partial charge in [0.1, 0.15) is 0 Å². The highest BCUT2D eigenvalue weighted by atomic mass is 32.1. The summed E-state index contributed by atoms with van der Waals surface area (Å²) in [7, 11) is 4.00. The van der Waals surface area contributed by atoms with Crippen LogP contribution in [-0.4, -0.2) is 20.0 Å². The molecule has 104 valence electrons. The van der Waals surface area contributed by atoms with Crippen LogP contribution in [0.1, 0.15) is 26.5 Å². The first-order chi connectivity index (χ1) is 9.63. The molecule has 0 unspecified atom stereocenters. The molecule has 0 saturated carbocycles. The lowest BCUT2D eigenvalue weighted by Gasteiger charge is -2.12. The Balaban J connectivity index is 1.71. The first kappa shape index (κ1) is 13.2. The second kappa shape index (κ2) is 5.29. The Labute approximate surface area is 123 Å². The Hall–Kier alpha value is -1.81. The minimum atomic E-state index is 0.00185. The first-order valence-electron chi connectivity index (χ1n) is 6.84. The van der Waals surface area contributed by atoms with Crippen LogP contribution in [0.5, 0.6) is 0 Å². The van der Waals surface area contributed by atoms with E-state index in [1.54, 1.807) is 11.3 Å². The number of thiophene rings is 1. The molecule has 1 amide bonds. The summed E-state index contributed by atoms with van der Waals surface area (Å²) in [5.74, 6) is 0.00185. The van der Waals surface area contributed by atoms with Crippen molar-refractivity contribution in [2.24, 2.45) is 0 Å². The lowest BCUT2D eigenvalue weighted by Crippen LogP contribution is -2.11. The molecule has 0 aliphatic heterocycles. The van der Waals surface area contributed by atoms with Gasteiger partial charge in [-0.25, -0.2) is 0 Å². The van der Waals surface area contributed by atoms with Crippen molar-refractivity contribution >= 4 is 28.6 Å². The quantitative estimate of drug-likeness (QED) is 0.935. The minimum Gasteiger partial charge on any atom is -0.378 e. The van der Waals surface area contributed by atoms with Crippen molar-refractivity contribution in [2.75, 3.05) is 24.3 Å². The van der Waals surface area contributed by atoms with Crippen molar-refractivity contribution in [3.8, 4) is 0 Å². The van der Waals surface area contributed by atoms with E-state index in [1.807, 2.05) is 43.3 Å². The summed E-state index contributed by atoms with van der Waals surface area (Å²) >= 11 is 1.64. The Kier molecular flexibility index (Phi) is 3.49. The van der Waals surface area contributed by atoms with Gasteiger partial charge in [0.25, 0.3) is 5.91 Å². The number of hydrogen-bond acceptors (Lipinski definition) is 3. The molecular weight excluding hydrogens is 268 g/mol. The molecule has 2 aromatic rings. The Bertz CT molecular complexity index is 607. The molecule has 4 heteroatoms. The van der Waals surface area contributed by atoms with Crippen LogP contribution in [0.4, 0.5) is 11.4 Å². The summed E-state index contributed by atoms with van der Waals surface area (Å²) in [4.78, 5) is 16.5. The number of amides is 1. The van der Waals surface area contributed by atoms with Gasteiger partial charge in [0.15, 0.2) is 0 Å². The number of carbonyl (C=O) groups excluding carboxylic acids is 1. The topological polar surface area (TPSA) is 32.3 Å². The third-order valence-corrected chi connectivity index (χ3v) is 4.85. The lowest BCUT2D eigenvalue weighted by atomic mass is 10.2. The standard InChI is InChI=1S/C16H18N2OS/c1-18(2)13-8-6-12(7-9-13)17-16(19)15-10-11-4-3-5-14(11)20-15/h6-10H,3-5H2,1-2H3,(H,17,19). The molecule has 3 rings (SSSR count). The van der Waals surface area contributed by atoms with Gasteiger partial charge in [-0.3, -0.25) is 4.79 Å². The number of rotatable bonds is 3. The van der Waals surface area contributed by atoms with Crippen LogP contribution in [0, 0.1) is 0 Å². The summed E-state index contributed by atoms with van der Waals surface area (Å²) in [6, 6.07) is 9.94. The summed E-state index contributed by atoms with van der Waals surface area (Å²) in [5.41, 5.74) is 3.33. The van der Waals surface area contributed by atoms with E-state index >= 15 is 0 Å². The molecule has 0 saturated heterocycles.